The Balaban J connectivity index is 2.39. The van der Waals surface area contributed by atoms with Crippen LogP contribution in [0.1, 0.15) is 32.4 Å². The summed E-state index contributed by atoms with van der Waals surface area (Å²) in [5.74, 6) is 0.779. The molecule has 1 aromatic rings. The van der Waals surface area contributed by atoms with Crippen molar-refractivity contribution in [2.45, 2.75) is 39.3 Å². The van der Waals surface area contributed by atoms with Crippen LogP contribution in [0.5, 0.6) is 0 Å². The van der Waals surface area contributed by atoms with Gasteiger partial charge in [-0.3, -0.25) is 0 Å². The lowest BCUT2D eigenvalue weighted by atomic mass is 9.93. The Morgan fingerprint density at radius 3 is 2.47 bits per heavy atom. The summed E-state index contributed by atoms with van der Waals surface area (Å²) in [6.45, 7) is 6.56. The standard InChI is InChI=1S/C14H27N3/c1-5-12(6-2)14(17(3)4)11-15-10-13-8-7-9-16-13/h7-9,12,14-16H,5-6,10-11H2,1-4H3. The molecule has 3 heteroatoms. The smallest absolute Gasteiger partial charge is 0.0357 e. The van der Waals surface area contributed by atoms with E-state index in [9.17, 15) is 0 Å². The SMILES string of the molecule is CCC(CC)C(CNCc1ccc[nH]1)N(C)C. The van der Waals surface area contributed by atoms with Gasteiger partial charge in [0.05, 0.1) is 0 Å². The first-order valence-electron chi connectivity index (χ1n) is 6.68. The minimum atomic E-state index is 0.625. The van der Waals surface area contributed by atoms with E-state index in [1.54, 1.807) is 0 Å². The van der Waals surface area contributed by atoms with Crippen LogP contribution in [0.25, 0.3) is 0 Å². The third kappa shape index (κ3) is 4.52. The van der Waals surface area contributed by atoms with Crippen molar-refractivity contribution in [2.75, 3.05) is 20.6 Å². The highest BCUT2D eigenvalue weighted by Crippen LogP contribution is 2.16. The first kappa shape index (κ1) is 14.3. The van der Waals surface area contributed by atoms with Crippen LogP contribution < -0.4 is 5.32 Å². The van der Waals surface area contributed by atoms with Crippen molar-refractivity contribution in [2.24, 2.45) is 5.92 Å². The van der Waals surface area contributed by atoms with Gasteiger partial charge in [-0.25, -0.2) is 0 Å². The van der Waals surface area contributed by atoms with E-state index < -0.39 is 0 Å². The molecule has 1 atom stereocenters. The van der Waals surface area contributed by atoms with Gasteiger partial charge in [0.1, 0.15) is 0 Å². The van der Waals surface area contributed by atoms with Crippen molar-refractivity contribution in [1.82, 2.24) is 15.2 Å². The number of likely N-dealkylation sites (N-methyl/N-ethyl adjacent to an activating group) is 1. The summed E-state index contributed by atoms with van der Waals surface area (Å²) in [6, 6.07) is 4.79. The van der Waals surface area contributed by atoms with Crippen molar-refractivity contribution in [1.29, 1.82) is 0 Å². The number of aromatic nitrogens is 1. The highest BCUT2D eigenvalue weighted by Gasteiger charge is 2.19. The Kier molecular flexibility index (Phi) is 6.30. The average molecular weight is 237 g/mol. The molecule has 0 aliphatic heterocycles. The zero-order valence-corrected chi connectivity index (χ0v) is 11.7. The normalized spacial score (nSPS) is 13.5. The van der Waals surface area contributed by atoms with Crippen LogP contribution in [0.4, 0.5) is 0 Å². The van der Waals surface area contributed by atoms with Crippen molar-refractivity contribution in [3.05, 3.63) is 24.0 Å². The highest BCUT2D eigenvalue weighted by atomic mass is 15.1. The molecule has 0 amide bonds. The van der Waals surface area contributed by atoms with Gasteiger partial charge in [0.25, 0.3) is 0 Å². The van der Waals surface area contributed by atoms with E-state index >= 15 is 0 Å². The van der Waals surface area contributed by atoms with Crippen LogP contribution in [0.2, 0.25) is 0 Å². The molecule has 1 unspecified atom stereocenters. The van der Waals surface area contributed by atoms with Crippen LogP contribution in [0.15, 0.2) is 18.3 Å². The zero-order valence-electron chi connectivity index (χ0n) is 11.7. The molecular formula is C14H27N3. The number of H-pyrrole nitrogens is 1. The molecule has 98 valence electrons. The second-order valence-corrected chi connectivity index (χ2v) is 4.93. The number of rotatable bonds is 8. The Labute approximate surface area is 106 Å². The van der Waals surface area contributed by atoms with Gasteiger partial charge < -0.3 is 15.2 Å². The molecular weight excluding hydrogens is 210 g/mol. The van der Waals surface area contributed by atoms with Crippen molar-refractivity contribution >= 4 is 0 Å². The summed E-state index contributed by atoms with van der Waals surface area (Å²) in [5, 5.41) is 3.55. The van der Waals surface area contributed by atoms with Crippen LogP contribution in [0, 0.1) is 5.92 Å². The maximum atomic E-state index is 3.55. The second kappa shape index (κ2) is 7.51. The molecule has 2 N–H and O–H groups in total. The Hall–Kier alpha value is -0.800. The van der Waals surface area contributed by atoms with E-state index in [0.717, 1.165) is 19.0 Å². The number of hydrogen-bond donors (Lipinski definition) is 2. The molecule has 0 aliphatic rings. The van der Waals surface area contributed by atoms with Crippen molar-refractivity contribution in [3.8, 4) is 0 Å². The Morgan fingerprint density at radius 2 is 2.00 bits per heavy atom. The summed E-state index contributed by atoms with van der Waals surface area (Å²) in [7, 11) is 4.36. The van der Waals surface area contributed by atoms with Gasteiger partial charge in [-0.2, -0.15) is 0 Å². The van der Waals surface area contributed by atoms with E-state index in [2.05, 4.69) is 49.2 Å². The Morgan fingerprint density at radius 1 is 1.29 bits per heavy atom. The quantitative estimate of drug-likeness (QED) is 0.728. The second-order valence-electron chi connectivity index (χ2n) is 4.93. The molecule has 1 aromatic heterocycles. The molecule has 0 saturated heterocycles. The van der Waals surface area contributed by atoms with E-state index in [-0.39, 0.29) is 0 Å². The number of aromatic amines is 1. The fourth-order valence-corrected chi connectivity index (χ4v) is 2.44. The van der Waals surface area contributed by atoms with E-state index in [4.69, 9.17) is 0 Å². The molecule has 1 rings (SSSR count). The molecule has 0 radical (unpaired) electrons. The van der Waals surface area contributed by atoms with Crippen LogP contribution in [0.3, 0.4) is 0 Å². The van der Waals surface area contributed by atoms with Gasteiger partial charge in [-0.1, -0.05) is 26.7 Å². The molecule has 17 heavy (non-hydrogen) atoms. The van der Waals surface area contributed by atoms with Gasteiger partial charge in [0.15, 0.2) is 0 Å². The van der Waals surface area contributed by atoms with Crippen LogP contribution in [-0.2, 0) is 6.54 Å². The lowest BCUT2D eigenvalue weighted by Crippen LogP contribution is -2.42. The number of nitrogens with one attached hydrogen (secondary N) is 2. The molecule has 3 nitrogen and oxygen atoms in total. The Bertz CT molecular complexity index is 276. The monoisotopic (exact) mass is 237 g/mol. The first-order valence-corrected chi connectivity index (χ1v) is 6.68. The van der Waals surface area contributed by atoms with Gasteiger partial charge >= 0.3 is 0 Å². The summed E-state index contributed by atoms with van der Waals surface area (Å²) < 4.78 is 0. The maximum absolute atomic E-state index is 3.55. The zero-order chi connectivity index (χ0) is 12.7. The molecule has 0 aliphatic carbocycles. The first-order chi connectivity index (χ1) is 8.19. The summed E-state index contributed by atoms with van der Waals surface area (Å²) in [4.78, 5) is 5.57. The van der Waals surface area contributed by atoms with Crippen LogP contribution >= 0.6 is 0 Å². The lowest BCUT2D eigenvalue weighted by Gasteiger charge is -2.31. The lowest BCUT2D eigenvalue weighted by molar-refractivity contribution is 0.194. The van der Waals surface area contributed by atoms with E-state index in [1.165, 1.54) is 18.5 Å². The van der Waals surface area contributed by atoms with Gasteiger partial charge in [-0.15, -0.1) is 0 Å². The largest absolute Gasteiger partial charge is 0.364 e. The fourth-order valence-electron chi connectivity index (χ4n) is 2.44. The third-order valence-corrected chi connectivity index (χ3v) is 3.59. The summed E-state index contributed by atoms with van der Waals surface area (Å²) in [5.41, 5.74) is 1.26. The third-order valence-electron chi connectivity index (χ3n) is 3.59. The van der Waals surface area contributed by atoms with Crippen LogP contribution in [-0.4, -0.2) is 36.6 Å². The predicted octanol–water partition coefficient (Wildman–Crippen LogP) is 2.47. The molecule has 0 bridgehead atoms. The topological polar surface area (TPSA) is 31.1 Å². The van der Waals surface area contributed by atoms with Crippen molar-refractivity contribution in [3.63, 3.8) is 0 Å². The fraction of sp³-hybridized carbons (Fsp3) is 0.714. The summed E-state index contributed by atoms with van der Waals surface area (Å²) in [6.07, 6.45) is 4.48. The molecule has 0 spiro atoms. The average Bonchev–Trinajstić information content (AvgIpc) is 2.81. The highest BCUT2D eigenvalue weighted by molar-refractivity contribution is 5.02. The number of hydrogen-bond acceptors (Lipinski definition) is 2. The summed E-state index contributed by atoms with van der Waals surface area (Å²) >= 11 is 0. The number of nitrogens with zero attached hydrogens (tertiary/aromatic N) is 1. The maximum Gasteiger partial charge on any atom is 0.0357 e. The molecule has 1 heterocycles. The van der Waals surface area contributed by atoms with Crippen molar-refractivity contribution < 1.29 is 0 Å². The molecule has 0 fully saturated rings. The molecule has 0 aromatic carbocycles. The minimum absolute atomic E-state index is 0.625. The predicted molar refractivity (Wildman–Crippen MR) is 74.0 cm³/mol. The molecule has 0 saturated carbocycles. The van der Waals surface area contributed by atoms with E-state index in [0.29, 0.717) is 6.04 Å². The van der Waals surface area contributed by atoms with Gasteiger partial charge in [0, 0.05) is 31.0 Å². The van der Waals surface area contributed by atoms with Gasteiger partial charge in [0.2, 0.25) is 0 Å². The minimum Gasteiger partial charge on any atom is -0.364 e. The van der Waals surface area contributed by atoms with Gasteiger partial charge in [-0.05, 0) is 32.1 Å². The van der Waals surface area contributed by atoms with E-state index in [1.807, 2.05) is 12.3 Å².